The van der Waals surface area contributed by atoms with E-state index in [2.05, 4.69) is 12.2 Å². The molecule has 1 heterocycles. The third kappa shape index (κ3) is 4.20. The van der Waals surface area contributed by atoms with Crippen LogP contribution in [0.3, 0.4) is 0 Å². The summed E-state index contributed by atoms with van der Waals surface area (Å²) < 4.78 is 0. The number of primary amides is 1. The van der Waals surface area contributed by atoms with E-state index in [0.717, 1.165) is 25.8 Å². The monoisotopic (exact) mass is 255 g/mol. The van der Waals surface area contributed by atoms with Crippen LogP contribution in [-0.2, 0) is 4.79 Å². The molecule has 0 saturated carbocycles. The van der Waals surface area contributed by atoms with Crippen molar-refractivity contribution in [2.75, 3.05) is 13.1 Å². The van der Waals surface area contributed by atoms with Crippen molar-refractivity contribution in [3.05, 3.63) is 0 Å². The number of urea groups is 1. The fraction of sp³-hybridized carbons (Fsp3) is 0.846. The van der Waals surface area contributed by atoms with Crippen LogP contribution in [0.15, 0.2) is 0 Å². The van der Waals surface area contributed by atoms with Gasteiger partial charge in [0.05, 0.1) is 0 Å². The maximum atomic E-state index is 11.7. The molecule has 0 aromatic rings. The molecule has 3 amide bonds. The minimum Gasteiger partial charge on any atom is -0.351 e. The Morgan fingerprint density at radius 1 is 1.39 bits per heavy atom. The zero-order valence-electron chi connectivity index (χ0n) is 11.6. The minimum absolute atomic E-state index is 0.0291. The second-order valence-electron chi connectivity index (χ2n) is 5.49. The number of hydrogen-bond donors (Lipinski definition) is 2. The van der Waals surface area contributed by atoms with Crippen molar-refractivity contribution in [2.45, 2.75) is 46.1 Å². The van der Waals surface area contributed by atoms with Gasteiger partial charge in [-0.25, -0.2) is 4.79 Å². The minimum atomic E-state index is -0.389. The first-order valence-corrected chi connectivity index (χ1v) is 6.78. The Balaban J connectivity index is 2.60. The van der Waals surface area contributed by atoms with Crippen LogP contribution in [0.25, 0.3) is 0 Å². The topological polar surface area (TPSA) is 75.4 Å². The fourth-order valence-electron chi connectivity index (χ4n) is 2.47. The van der Waals surface area contributed by atoms with Crippen LogP contribution < -0.4 is 11.1 Å². The van der Waals surface area contributed by atoms with Gasteiger partial charge in [0.2, 0.25) is 5.91 Å². The summed E-state index contributed by atoms with van der Waals surface area (Å²) in [7, 11) is 0. The van der Waals surface area contributed by atoms with E-state index in [0.29, 0.717) is 12.5 Å². The van der Waals surface area contributed by atoms with Gasteiger partial charge < -0.3 is 16.0 Å². The molecule has 104 valence electrons. The molecule has 2 atom stereocenters. The second-order valence-corrected chi connectivity index (χ2v) is 5.49. The summed E-state index contributed by atoms with van der Waals surface area (Å²) in [6, 6.07) is -0.350. The largest absolute Gasteiger partial charge is 0.351 e. The highest BCUT2D eigenvalue weighted by atomic mass is 16.2. The van der Waals surface area contributed by atoms with E-state index in [1.807, 2.05) is 13.8 Å². The number of rotatable bonds is 4. The summed E-state index contributed by atoms with van der Waals surface area (Å²) >= 11 is 0. The summed E-state index contributed by atoms with van der Waals surface area (Å²) in [5.41, 5.74) is 5.35. The highest BCUT2D eigenvalue weighted by Gasteiger charge is 2.29. The van der Waals surface area contributed by atoms with E-state index in [9.17, 15) is 9.59 Å². The number of nitrogens with one attached hydrogen (secondary N) is 1. The molecule has 3 N–H and O–H groups in total. The zero-order chi connectivity index (χ0) is 13.7. The predicted octanol–water partition coefficient (Wildman–Crippen LogP) is 1.33. The molecule has 0 aliphatic carbocycles. The lowest BCUT2D eigenvalue weighted by molar-refractivity contribution is -0.125. The third-order valence-corrected chi connectivity index (χ3v) is 3.42. The lowest BCUT2D eigenvalue weighted by atomic mass is 9.90. The van der Waals surface area contributed by atoms with E-state index < -0.39 is 0 Å². The Labute approximate surface area is 109 Å². The Bertz CT molecular complexity index is 305. The van der Waals surface area contributed by atoms with Crippen LogP contribution >= 0.6 is 0 Å². The van der Waals surface area contributed by atoms with Gasteiger partial charge in [0.25, 0.3) is 0 Å². The maximum absolute atomic E-state index is 11.7. The normalized spacial score (nSPS) is 24.1. The van der Waals surface area contributed by atoms with E-state index in [1.165, 1.54) is 0 Å². The van der Waals surface area contributed by atoms with Gasteiger partial charge in [-0.1, -0.05) is 27.2 Å². The van der Waals surface area contributed by atoms with E-state index in [1.54, 1.807) is 4.90 Å². The fourth-order valence-corrected chi connectivity index (χ4v) is 2.47. The zero-order valence-corrected chi connectivity index (χ0v) is 11.6. The Morgan fingerprint density at radius 3 is 2.56 bits per heavy atom. The van der Waals surface area contributed by atoms with Gasteiger partial charge in [-0.2, -0.15) is 0 Å². The molecule has 1 rings (SSSR count). The summed E-state index contributed by atoms with van der Waals surface area (Å²) in [5.74, 6) is 0.453. The van der Waals surface area contributed by atoms with Crippen molar-refractivity contribution >= 4 is 11.9 Å². The number of carbonyl (C=O) groups excluding carboxylic acids is 2. The quantitative estimate of drug-likeness (QED) is 0.795. The van der Waals surface area contributed by atoms with E-state index in [4.69, 9.17) is 5.73 Å². The molecule has 1 saturated heterocycles. The number of hydrogen-bond acceptors (Lipinski definition) is 2. The van der Waals surface area contributed by atoms with Gasteiger partial charge in [0.1, 0.15) is 0 Å². The number of piperidine rings is 1. The molecule has 0 radical (unpaired) electrons. The van der Waals surface area contributed by atoms with Crippen LogP contribution in [0.2, 0.25) is 0 Å². The van der Waals surface area contributed by atoms with Gasteiger partial charge >= 0.3 is 6.03 Å². The van der Waals surface area contributed by atoms with Crippen molar-refractivity contribution in [3.63, 3.8) is 0 Å². The summed E-state index contributed by atoms with van der Waals surface area (Å²) in [6.07, 6.45) is 3.09. The molecule has 18 heavy (non-hydrogen) atoms. The molecular formula is C13H25N3O2. The Morgan fingerprint density at radius 2 is 2.06 bits per heavy atom. The smallest absolute Gasteiger partial charge is 0.314 e. The van der Waals surface area contributed by atoms with E-state index in [-0.39, 0.29) is 23.9 Å². The average Bonchev–Trinajstić information content (AvgIpc) is 2.28. The molecule has 5 nitrogen and oxygen atoms in total. The summed E-state index contributed by atoms with van der Waals surface area (Å²) in [6.45, 7) is 7.12. The van der Waals surface area contributed by atoms with E-state index >= 15 is 0 Å². The number of nitrogens with two attached hydrogens (primary N) is 1. The van der Waals surface area contributed by atoms with Gasteiger partial charge in [-0.3, -0.25) is 4.79 Å². The Hall–Kier alpha value is -1.26. The molecule has 0 aromatic carbocycles. The predicted molar refractivity (Wildman–Crippen MR) is 70.9 cm³/mol. The van der Waals surface area contributed by atoms with Crippen molar-refractivity contribution in [1.29, 1.82) is 0 Å². The lowest BCUT2D eigenvalue weighted by Gasteiger charge is -2.37. The van der Waals surface area contributed by atoms with Crippen LogP contribution in [0.4, 0.5) is 4.79 Å². The van der Waals surface area contributed by atoms with Crippen molar-refractivity contribution in [2.24, 2.45) is 17.6 Å². The molecule has 1 aliphatic rings. The highest BCUT2D eigenvalue weighted by Crippen LogP contribution is 2.21. The summed E-state index contributed by atoms with van der Waals surface area (Å²) in [5, 5.41) is 3.00. The molecule has 0 aromatic heterocycles. The molecule has 1 fully saturated rings. The maximum Gasteiger partial charge on any atom is 0.314 e. The molecule has 0 spiro atoms. The van der Waals surface area contributed by atoms with Crippen molar-refractivity contribution < 1.29 is 9.59 Å². The van der Waals surface area contributed by atoms with Crippen molar-refractivity contribution in [1.82, 2.24) is 10.2 Å². The number of nitrogens with zero attached hydrogens (tertiary/aromatic N) is 1. The molecule has 0 bridgehead atoms. The first-order valence-electron chi connectivity index (χ1n) is 6.78. The van der Waals surface area contributed by atoms with Gasteiger partial charge in [0, 0.05) is 25.0 Å². The number of carbonyl (C=O) groups is 2. The van der Waals surface area contributed by atoms with Crippen LogP contribution in [0, 0.1) is 11.8 Å². The molecule has 5 heteroatoms. The first-order chi connectivity index (χ1) is 8.43. The summed E-state index contributed by atoms with van der Waals surface area (Å²) in [4.78, 5) is 24.7. The second kappa shape index (κ2) is 6.61. The van der Waals surface area contributed by atoms with Crippen LogP contribution in [0.1, 0.15) is 40.0 Å². The standard InChI is InChI=1S/C13H25N3O2/c1-4-5-10-6-11(15-12(17)9(2)3)8-16(7-10)13(14)18/h9-11H,4-8H2,1-3H3,(H2,14,18)(H,15,17). The number of likely N-dealkylation sites (tertiary alicyclic amines) is 1. The van der Waals surface area contributed by atoms with Crippen LogP contribution in [0.5, 0.6) is 0 Å². The first kappa shape index (κ1) is 14.8. The SMILES string of the molecule is CCCC1CC(NC(=O)C(C)C)CN(C(N)=O)C1. The van der Waals surface area contributed by atoms with Gasteiger partial charge in [-0.15, -0.1) is 0 Å². The van der Waals surface area contributed by atoms with Gasteiger partial charge in [0.15, 0.2) is 0 Å². The third-order valence-electron chi connectivity index (χ3n) is 3.42. The van der Waals surface area contributed by atoms with Crippen LogP contribution in [-0.4, -0.2) is 36.0 Å². The lowest BCUT2D eigenvalue weighted by Crippen LogP contribution is -2.54. The average molecular weight is 255 g/mol. The molecule has 1 aliphatic heterocycles. The van der Waals surface area contributed by atoms with Gasteiger partial charge in [-0.05, 0) is 18.8 Å². The molecular weight excluding hydrogens is 230 g/mol. The Kier molecular flexibility index (Phi) is 5.44. The number of amides is 3. The van der Waals surface area contributed by atoms with Crippen molar-refractivity contribution in [3.8, 4) is 0 Å². The molecule has 2 unspecified atom stereocenters. The highest BCUT2D eigenvalue weighted by molar-refractivity contribution is 5.78.